The first-order valence-corrected chi connectivity index (χ1v) is 8.14. The van der Waals surface area contributed by atoms with Gasteiger partial charge >= 0.3 is 69.5 Å². The molecule has 0 aromatic rings. The van der Waals surface area contributed by atoms with E-state index in [1.165, 1.54) is 0 Å². The van der Waals surface area contributed by atoms with Crippen molar-refractivity contribution in [1.29, 1.82) is 0 Å². The number of hydrogen-bond acceptors (Lipinski definition) is 12. The summed E-state index contributed by atoms with van der Waals surface area (Å²) in [6.45, 7) is 0. The van der Waals surface area contributed by atoms with Crippen molar-refractivity contribution in [2.24, 2.45) is 0 Å². The summed E-state index contributed by atoms with van der Waals surface area (Å²) in [4.78, 5) is 57.3. The molecular formula is C15H9F9In2O12. The van der Waals surface area contributed by atoms with Gasteiger partial charge in [-0.3, -0.25) is 0 Å². The average molecular weight is 782 g/mol. The Morgan fingerprint density at radius 3 is 0.658 bits per heavy atom. The van der Waals surface area contributed by atoms with E-state index in [-0.39, 0.29) is 51.7 Å². The van der Waals surface area contributed by atoms with Crippen LogP contribution in [-0.4, -0.2) is 124 Å². The van der Waals surface area contributed by atoms with E-state index in [2.05, 4.69) is 0 Å². The summed E-state index contributed by atoms with van der Waals surface area (Å²) < 4.78 is 108. The van der Waals surface area contributed by atoms with Gasteiger partial charge in [0.1, 0.15) is 17.9 Å². The molecule has 0 fully saturated rings. The number of carboxylic acids is 6. The van der Waals surface area contributed by atoms with Crippen LogP contribution in [0.3, 0.4) is 0 Å². The van der Waals surface area contributed by atoms with E-state index in [0.717, 1.165) is 0 Å². The normalized spacial score (nSPS) is 13.2. The Morgan fingerprint density at radius 1 is 0.447 bits per heavy atom. The standard InChI is InChI=1S/3C5H5F3O4.2In/c3*6-2(1-3(9)10)5(7,8)4(11)12;;/h3*2H,1H2,(H,9,10)(H,11,12);;/q;;;2*+3/p-6. The minimum Gasteiger partial charge on any atom is -0.550 e. The Labute approximate surface area is 241 Å². The van der Waals surface area contributed by atoms with Crippen molar-refractivity contribution in [3.05, 3.63) is 0 Å². The Balaban J connectivity index is -0.000000140. The van der Waals surface area contributed by atoms with Gasteiger partial charge in [0.25, 0.3) is 0 Å². The third kappa shape index (κ3) is 17.4. The van der Waals surface area contributed by atoms with Gasteiger partial charge in [0, 0.05) is 37.2 Å². The maximum atomic E-state index is 12.1. The number of carbonyl (C=O) groups excluding carboxylic acids is 6. The number of aliphatic carboxylic acids is 6. The fraction of sp³-hybridized carbons (Fsp3) is 0.600. The molecule has 0 aliphatic rings. The zero-order valence-electron chi connectivity index (χ0n) is 17.8. The number of alkyl halides is 9. The minimum atomic E-state index is -4.79. The molecule has 23 heteroatoms. The summed E-state index contributed by atoms with van der Waals surface area (Å²) in [5, 5.41) is 57.3. The first kappa shape index (κ1) is 45.8. The van der Waals surface area contributed by atoms with Gasteiger partial charge in [0.05, 0.1) is 0 Å². The number of carbonyl (C=O) groups is 6. The molecule has 0 N–H and O–H groups in total. The number of carboxylic acid groups (broad SMARTS) is 6. The molecule has 0 rings (SSSR count). The van der Waals surface area contributed by atoms with Crippen molar-refractivity contribution >= 4 is 87.5 Å². The summed E-state index contributed by atoms with van der Waals surface area (Å²) >= 11 is 0. The van der Waals surface area contributed by atoms with Crippen molar-refractivity contribution in [3.8, 4) is 0 Å². The summed E-state index contributed by atoms with van der Waals surface area (Å²) in [5.74, 6) is -29.5. The zero-order chi connectivity index (χ0) is 29.8. The SMILES string of the molecule is O=C([O-])CC(F)C(F)(F)C(=O)[O-].O=C([O-])CC(F)C(F)(F)C(=O)[O-].O=C([O-])CC(F)C(F)(F)C(=O)[O-].[In+3].[In+3]. The first-order chi connectivity index (χ1) is 15.8. The smallest absolute Gasteiger partial charge is 0.550 e. The molecule has 210 valence electrons. The number of rotatable bonds is 12. The largest absolute Gasteiger partial charge is 3.00 e. The van der Waals surface area contributed by atoms with Crippen molar-refractivity contribution < 1.29 is 98.9 Å². The third-order valence-electron chi connectivity index (χ3n) is 3.03. The van der Waals surface area contributed by atoms with E-state index < -0.39 is 91.4 Å². The molecule has 0 saturated carbocycles. The molecule has 0 amide bonds. The Kier molecular flexibility index (Phi) is 23.0. The molecule has 3 atom stereocenters. The molecule has 0 aliphatic heterocycles. The summed E-state index contributed by atoms with van der Waals surface area (Å²) in [5.41, 5.74) is 0. The van der Waals surface area contributed by atoms with Crippen LogP contribution in [0.15, 0.2) is 0 Å². The van der Waals surface area contributed by atoms with Crippen molar-refractivity contribution in [2.75, 3.05) is 0 Å². The number of hydrogen-bond donors (Lipinski definition) is 0. The van der Waals surface area contributed by atoms with Crippen LogP contribution < -0.4 is 30.6 Å². The van der Waals surface area contributed by atoms with E-state index >= 15 is 0 Å². The molecule has 0 saturated heterocycles. The molecule has 0 aromatic heterocycles. The maximum absolute atomic E-state index is 12.1. The van der Waals surface area contributed by atoms with E-state index in [1.54, 1.807) is 0 Å². The Bertz CT molecular complexity index is 725. The predicted octanol–water partition coefficient (Wildman–Crippen LogP) is -7.21. The van der Waals surface area contributed by atoms with Crippen molar-refractivity contribution in [3.63, 3.8) is 0 Å². The van der Waals surface area contributed by atoms with Gasteiger partial charge in [-0.05, 0) is 0 Å². The second-order valence-electron chi connectivity index (χ2n) is 5.86. The predicted molar refractivity (Wildman–Crippen MR) is 84.9 cm³/mol. The maximum Gasteiger partial charge on any atom is 3.00 e. The molecule has 0 bridgehead atoms. The van der Waals surface area contributed by atoms with Crippen LogP contribution in [0.25, 0.3) is 0 Å². The molecule has 0 aromatic carbocycles. The first-order valence-electron chi connectivity index (χ1n) is 8.14. The average Bonchev–Trinajstić information content (AvgIpc) is 2.66. The van der Waals surface area contributed by atoms with Gasteiger partial charge in [-0.2, -0.15) is 26.3 Å². The van der Waals surface area contributed by atoms with Gasteiger partial charge in [-0.1, -0.05) is 0 Å². The molecular weight excluding hydrogens is 773 g/mol. The van der Waals surface area contributed by atoms with Crippen LogP contribution in [0.1, 0.15) is 19.3 Å². The van der Waals surface area contributed by atoms with E-state index in [4.69, 9.17) is 0 Å². The van der Waals surface area contributed by atoms with Crippen molar-refractivity contribution in [1.82, 2.24) is 0 Å². The second-order valence-corrected chi connectivity index (χ2v) is 5.86. The third-order valence-corrected chi connectivity index (χ3v) is 3.03. The topological polar surface area (TPSA) is 241 Å². The Hall–Kier alpha value is -2.07. The van der Waals surface area contributed by atoms with Gasteiger partial charge in [0.2, 0.25) is 0 Å². The van der Waals surface area contributed by atoms with Gasteiger partial charge in [0.15, 0.2) is 18.5 Å². The van der Waals surface area contributed by atoms with E-state index in [0.29, 0.717) is 0 Å². The second kappa shape index (κ2) is 19.1. The number of halogens is 9. The molecule has 3 unspecified atom stereocenters. The zero-order valence-corrected chi connectivity index (χ0v) is 24.4. The van der Waals surface area contributed by atoms with Gasteiger partial charge in [-0.25, -0.2) is 13.2 Å². The quantitative estimate of drug-likeness (QED) is 0.168. The van der Waals surface area contributed by atoms with Crippen molar-refractivity contribution in [2.45, 2.75) is 55.5 Å². The molecule has 0 heterocycles. The monoisotopic (exact) mass is 782 g/mol. The molecule has 12 nitrogen and oxygen atoms in total. The molecule has 38 heavy (non-hydrogen) atoms. The van der Waals surface area contributed by atoms with E-state index in [1.807, 2.05) is 0 Å². The van der Waals surface area contributed by atoms with Crippen LogP contribution in [0.4, 0.5) is 39.5 Å². The summed E-state index contributed by atoms with van der Waals surface area (Å²) in [7, 11) is 0. The molecule has 0 aliphatic carbocycles. The van der Waals surface area contributed by atoms with E-state index in [9.17, 15) is 98.9 Å². The summed E-state index contributed by atoms with van der Waals surface area (Å²) in [6.07, 6.45) is -15.0. The van der Waals surface area contributed by atoms with Crippen LogP contribution >= 0.6 is 0 Å². The van der Waals surface area contributed by atoms with Gasteiger partial charge in [-0.15, -0.1) is 0 Å². The molecule has 0 spiro atoms. The van der Waals surface area contributed by atoms with Crippen LogP contribution in [-0.2, 0) is 28.8 Å². The van der Waals surface area contributed by atoms with Crippen LogP contribution in [0, 0.1) is 0 Å². The minimum absolute atomic E-state index is 0. The van der Waals surface area contributed by atoms with Crippen LogP contribution in [0.5, 0.6) is 0 Å². The molecule has 0 radical (unpaired) electrons. The fourth-order valence-electron chi connectivity index (χ4n) is 1.21. The summed E-state index contributed by atoms with van der Waals surface area (Å²) in [6, 6.07) is 0. The Morgan fingerprint density at radius 2 is 0.579 bits per heavy atom. The van der Waals surface area contributed by atoms with Crippen LogP contribution in [0.2, 0.25) is 0 Å². The van der Waals surface area contributed by atoms with Gasteiger partial charge < -0.3 is 59.4 Å². The fourth-order valence-corrected chi connectivity index (χ4v) is 1.21.